The van der Waals surface area contributed by atoms with E-state index in [0.717, 1.165) is 38.5 Å². The maximum atomic E-state index is 12.4. The minimum Gasteiger partial charge on any atom is -0.444 e. The van der Waals surface area contributed by atoms with Gasteiger partial charge >= 0.3 is 6.09 Å². The minimum atomic E-state index is -0.453. The molecule has 2 unspecified atom stereocenters. The van der Waals surface area contributed by atoms with Crippen molar-refractivity contribution in [2.24, 2.45) is 5.92 Å². The van der Waals surface area contributed by atoms with Crippen LogP contribution >= 0.6 is 0 Å². The summed E-state index contributed by atoms with van der Waals surface area (Å²) in [7, 11) is 0. The summed E-state index contributed by atoms with van der Waals surface area (Å²) in [5.41, 5.74) is -0.453. The monoisotopic (exact) mass is 308 g/mol. The Labute approximate surface area is 132 Å². The van der Waals surface area contributed by atoms with Crippen molar-refractivity contribution >= 4 is 12.0 Å². The predicted molar refractivity (Wildman–Crippen MR) is 83.4 cm³/mol. The Kier molecular flexibility index (Phi) is 4.08. The van der Waals surface area contributed by atoms with E-state index in [4.69, 9.17) is 4.74 Å². The molecule has 0 spiro atoms. The molecular weight excluding hydrogens is 280 g/mol. The van der Waals surface area contributed by atoms with Gasteiger partial charge in [0.05, 0.1) is 0 Å². The summed E-state index contributed by atoms with van der Waals surface area (Å²) in [5, 5.41) is 3.21. The maximum absolute atomic E-state index is 12.4. The van der Waals surface area contributed by atoms with Crippen LogP contribution in [0.1, 0.15) is 65.7 Å². The molecule has 2 amide bonds. The summed E-state index contributed by atoms with van der Waals surface area (Å²) in [4.78, 5) is 26.4. The second-order valence-corrected chi connectivity index (χ2v) is 8.08. The van der Waals surface area contributed by atoms with Gasteiger partial charge in [-0.15, -0.1) is 0 Å². The van der Waals surface area contributed by atoms with Crippen LogP contribution in [0, 0.1) is 5.92 Å². The first kappa shape index (κ1) is 15.6. The van der Waals surface area contributed by atoms with Crippen LogP contribution in [-0.4, -0.2) is 40.6 Å². The molecule has 0 aromatic rings. The third kappa shape index (κ3) is 3.23. The zero-order chi connectivity index (χ0) is 15.9. The Morgan fingerprint density at radius 2 is 1.64 bits per heavy atom. The highest BCUT2D eigenvalue weighted by molar-refractivity contribution is 5.79. The Morgan fingerprint density at radius 1 is 1.05 bits per heavy atom. The van der Waals surface area contributed by atoms with Crippen molar-refractivity contribution in [2.75, 3.05) is 0 Å². The van der Waals surface area contributed by atoms with Crippen LogP contribution in [0.25, 0.3) is 0 Å². The predicted octanol–water partition coefficient (Wildman–Crippen LogP) is 2.83. The van der Waals surface area contributed by atoms with Crippen LogP contribution in [0.2, 0.25) is 0 Å². The van der Waals surface area contributed by atoms with E-state index in [2.05, 4.69) is 5.32 Å². The first-order valence-corrected chi connectivity index (χ1v) is 8.65. The van der Waals surface area contributed by atoms with E-state index in [1.54, 1.807) is 0 Å². The number of carbonyl (C=O) groups is 2. The summed E-state index contributed by atoms with van der Waals surface area (Å²) >= 11 is 0. The normalized spacial score (nSPS) is 31.6. The number of nitrogens with zero attached hydrogens (tertiary/aromatic N) is 1. The number of nitrogens with one attached hydrogen (secondary N) is 1. The summed E-state index contributed by atoms with van der Waals surface area (Å²) in [6, 6.07) is 0.671. The number of rotatable bonds is 2. The molecule has 124 valence electrons. The number of piperidine rings is 1. The molecule has 0 aromatic heterocycles. The quantitative estimate of drug-likeness (QED) is 0.853. The largest absolute Gasteiger partial charge is 0.444 e. The smallest absolute Gasteiger partial charge is 0.410 e. The van der Waals surface area contributed by atoms with Crippen molar-refractivity contribution in [3.8, 4) is 0 Å². The van der Waals surface area contributed by atoms with Crippen molar-refractivity contribution in [1.29, 1.82) is 0 Å². The molecule has 1 saturated carbocycles. The van der Waals surface area contributed by atoms with Gasteiger partial charge in [-0.1, -0.05) is 6.42 Å². The Balaban J connectivity index is 1.56. The Morgan fingerprint density at radius 3 is 2.09 bits per heavy atom. The minimum absolute atomic E-state index is 0.191. The summed E-state index contributed by atoms with van der Waals surface area (Å²) in [6.45, 7) is 5.70. The lowest BCUT2D eigenvalue weighted by Crippen LogP contribution is -2.54. The first-order chi connectivity index (χ1) is 10.3. The standard InChI is InChI=1S/C17H28N2O3/c1-17(2,3)22-16(21)19-13-7-8-14(19)10-12(9-13)18-15(20)11-5-4-6-11/h11-14H,4-10H2,1-3H3,(H,18,20). The van der Waals surface area contributed by atoms with E-state index in [1.807, 2.05) is 25.7 Å². The van der Waals surface area contributed by atoms with Crippen LogP contribution < -0.4 is 5.32 Å². The van der Waals surface area contributed by atoms with Gasteiger partial charge in [0.2, 0.25) is 5.91 Å². The molecule has 2 aliphatic heterocycles. The fraction of sp³-hybridized carbons (Fsp3) is 0.882. The molecule has 5 heteroatoms. The average Bonchev–Trinajstić information content (AvgIpc) is 2.57. The van der Waals surface area contributed by atoms with Crippen LogP contribution in [-0.2, 0) is 9.53 Å². The number of amides is 2. The highest BCUT2D eigenvalue weighted by Gasteiger charge is 2.45. The first-order valence-electron chi connectivity index (χ1n) is 8.65. The highest BCUT2D eigenvalue weighted by atomic mass is 16.6. The third-order valence-corrected chi connectivity index (χ3v) is 5.16. The van der Waals surface area contributed by atoms with E-state index < -0.39 is 5.60 Å². The van der Waals surface area contributed by atoms with E-state index in [-0.39, 0.29) is 36.0 Å². The Hall–Kier alpha value is -1.26. The van der Waals surface area contributed by atoms with E-state index in [0.29, 0.717) is 0 Å². The lowest BCUT2D eigenvalue weighted by molar-refractivity contribution is -0.128. The van der Waals surface area contributed by atoms with Crippen molar-refractivity contribution in [3.63, 3.8) is 0 Å². The van der Waals surface area contributed by atoms with Crippen LogP contribution in [0.5, 0.6) is 0 Å². The van der Waals surface area contributed by atoms with Gasteiger partial charge in [0.25, 0.3) is 0 Å². The summed E-state index contributed by atoms with van der Waals surface area (Å²) in [5.74, 6) is 0.461. The SMILES string of the molecule is CC(C)(C)OC(=O)N1C2CCC1CC(NC(=O)C1CCC1)C2. The second-order valence-electron chi connectivity index (χ2n) is 8.08. The molecular formula is C17H28N2O3. The van der Waals surface area contributed by atoms with Gasteiger partial charge in [0.15, 0.2) is 0 Å². The average molecular weight is 308 g/mol. The second kappa shape index (κ2) is 5.74. The van der Waals surface area contributed by atoms with E-state index in [9.17, 15) is 9.59 Å². The molecule has 1 N–H and O–H groups in total. The lowest BCUT2D eigenvalue weighted by Gasteiger charge is -2.40. The number of fused-ring (bicyclic) bond motifs is 2. The van der Waals surface area contributed by atoms with Gasteiger partial charge in [-0.25, -0.2) is 4.79 Å². The maximum Gasteiger partial charge on any atom is 0.410 e. The molecule has 2 heterocycles. The topological polar surface area (TPSA) is 58.6 Å². The number of ether oxygens (including phenoxy) is 1. The molecule has 5 nitrogen and oxygen atoms in total. The Bertz CT molecular complexity index is 439. The molecule has 2 saturated heterocycles. The number of carbonyl (C=O) groups excluding carboxylic acids is 2. The van der Waals surface area contributed by atoms with Crippen molar-refractivity contribution < 1.29 is 14.3 Å². The molecule has 3 rings (SSSR count). The fourth-order valence-electron chi connectivity index (χ4n) is 3.90. The highest BCUT2D eigenvalue weighted by Crippen LogP contribution is 2.37. The van der Waals surface area contributed by atoms with E-state index in [1.165, 1.54) is 6.42 Å². The van der Waals surface area contributed by atoms with Crippen LogP contribution in [0.3, 0.4) is 0 Å². The van der Waals surface area contributed by atoms with E-state index >= 15 is 0 Å². The van der Waals surface area contributed by atoms with Gasteiger partial charge in [-0.2, -0.15) is 0 Å². The molecule has 1 aliphatic carbocycles. The molecule has 22 heavy (non-hydrogen) atoms. The number of hydrogen-bond acceptors (Lipinski definition) is 3. The fourth-order valence-corrected chi connectivity index (χ4v) is 3.90. The van der Waals surface area contributed by atoms with Gasteiger partial charge in [0.1, 0.15) is 5.60 Å². The zero-order valence-electron chi connectivity index (χ0n) is 13.9. The van der Waals surface area contributed by atoms with Gasteiger partial charge in [-0.05, 0) is 59.3 Å². The molecule has 0 radical (unpaired) electrons. The number of hydrogen-bond donors (Lipinski definition) is 1. The molecule has 3 fully saturated rings. The van der Waals surface area contributed by atoms with Crippen molar-refractivity contribution in [2.45, 2.75) is 89.4 Å². The molecule has 2 bridgehead atoms. The van der Waals surface area contributed by atoms with Gasteiger partial charge < -0.3 is 15.0 Å². The summed E-state index contributed by atoms with van der Waals surface area (Å²) in [6.07, 6.45) is 6.86. The molecule has 0 aromatic carbocycles. The van der Waals surface area contributed by atoms with Crippen LogP contribution in [0.4, 0.5) is 4.79 Å². The third-order valence-electron chi connectivity index (χ3n) is 5.16. The van der Waals surface area contributed by atoms with Crippen molar-refractivity contribution in [1.82, 2.24) is 10.2 Å². The van der Waals surface area contributed by atoms with Gasteiger partial charge in [-0.3, -0.25) is 4.79 Å². The van der Waals surface area contributed by atoms with Gasteiger partial charge in [0, 0.05) is 24.0 Å². The summed E-state index contributed by atoms with van der Waals surface area (Å²) < 4.78 is 5.54. The molecule has 2 atom stereocenters. The molecule has 3 aliphatic rings. The zero-order valence-corrected chi connectivity index (χ0v) is 13.9. The van der Waals surface area contributed by atoms with Crippen molar-refractivity contribution in [3.05, 3.63) is 0 Å². The lowest BCUT2D eigenvalue weighted by atomic mass is 9.84. The van der Waals surface area contributed by atoms with Crippen LogP contribution in [0.15, 0.2) is 0 Å².